The van der Waals surface area contributed by atoms with Gasteiger partial charge in [-0.15, -0.1) is 0 Å². The fourth-order valence-electron chi connectivity index (χ4n) is 3.79. The quantitative estimate of drug-likeness (QED) is 0.538. The number of pyridine rings is 2. The van der Waals surface area contributed by atoms with Crippen LogP contribution in [0.3, 0.4) is 0 Å². The van der Waals surface area contributed by atoms with Gasteiger partial charge < -0.3 is 18.9 Å². The first-order chi connectivity index (χ1) is 14.3. The molecular weight excluding hydrogens is 378 g/mol. The molecule has 0 aliphatic rings. The second kappa shape index (κ2) is 7.37. The zero-order chi connectivity index (χ0) is 21.6. The summed E-state index contributed by atoms with van der Waals surface area (Å²) < 4.78 is 9.49. The molecule has 6 heteroatoms. The number of nitrogens with one attached hydrogen (secondary N) is 1. The Morgan fingerprint density at radius 3 is 2.30 bits per heavy atom. The summed E-state index contributed by atoms with van der Waals surface area (Å²) in [5.41, 5.74) is 3.50. The maximum Gasteiger partial charge on any atom is 0.294 e. The van der Waals surface area contributed by atoms with Gasteiger partial charge in [0.05, 0.1) is 0 Å². The normalized spacial score (nSPS) is 11.4. The third kappa shape index (κ3) is 3.14. The van der Waals surface area contributed by atoms with Crippen molar-refractivity contribution in [3.63, 3.8) is 0 Å². The molecule has 4 aromatic rings. The van der Waals surface area contributed by atoms with E-state index in [2.05, 4.69) is 4.98 Å². The molecule has 0 fully saturated rings. The Hall–Kier alpha value is -3.54. The molecule has 0 amide bonds. The molecule has 3 heterocycles. The Bertz CT molecular complexity index is 1350. The number of ether oxygens (including phenoxy) is 1. The van der Waals surface area contributed by atoms with E-state index in [4.69, 9.17) is 4.74 Å². The Morgan fingerprint density at radius 1 is 0.933 bits per heavy atom. The maximum absolute atomic E-state index is 13.4. The summed E-state index contributed by atoms with van der Waals surface area (Å²) in [5.74, 6) is 0.928. The molecule has 30 heavy (non-hydrogen) atoms. The van der Waals surface area contributed by atoms with Crippen LogP contribution in [0.1, 0.15) is 31.0 Å². The topological polar surface area (TPSA) is 69.0 Å². The minimum absolute atomic E-state index is 0.0146. The van der Waals surface area contributed by atoms with Gasteiger partial charge in [0.1, 0.15) is 11.3 Å². The highest BCUT2D eigenvalue weighted by Crippen LogP contribution is 2.36. The molecule has 3 aromatic heterocycles. The van der Waals surface area contributed by atoms with Crippen molar-refractivity contribution in [2.75, 3.05) is 0 Å². The average molecular weight is 403 g/mol. The van der Waals surface area contributed by atoms with Gasteiger partial charge in [-0.2, -0.15) is 0 Å². The van der Waals surface area contributed by atoms with Crippen LogP contribution in [0.5, 0.6) is 11.5 Å². The third-order valence-corrected chi connectivity index (χ3v) is 5.43. The van der Waals surface area contributed by atoms with Gasteiger partial charge in [-0.05, 0) is 51.0 Å². The first kappa shape index (κ1) is 19.8. The Balaban J connectivity index is 2.04. The van der Waals surface area contributed by atoms with Crippen molar-refractivity contribution in [2.24, 2.45) is 7.05 Å². The lowest BCUT2D eigenvalue weighted by Gasteiger charge is -2.18. The van der Waals surface area contributed by atoms with Crippen LogP contribution in [0.25, 0.3) is 22.0 Å². The van der Waals surface area contributed by atoms with Crippen molar-refractivity contribution in [2.45, 2.75) is 33.7 Å². The highest BCUT2D eigenvalue weighted by atomic mass is 16.5. The molecular formula is C24H25N3O3. The van der Waals surface area contributed by atoms with Gasteiger partial charge in [0, 0.05) is 48.2 Å². The van der Waals surface area contributed by atoms with Gasteiger partial charge in [-0.25, -0.2) is 0 Å². The molecule has 0 atom stereocenters. The fourth-order valence-corrected chi connectivity index (χ4v) is 3.79. The number of nitrogens with zero attached hydrogens (tertiary/aromatic N) is 2. The second-order valence-electron chi connectivity index (χ2n) is 7.91. The molecule has 0 aliphatic carbocycles. The smallest absolute Gasteiger partial charge is 0.294 e. The van der Waals surface area contributed by atoms with Crippen LogP contribution >= 0.6 is 0 Å². The van der Waals surface area contributed by atoms with Crippen LogP contribution in [0.4, 0.5) is 0 Å². The highest BCUT2D eigenvalue weighted by molar-refractivity contribution is 5.95. The van der Waals surface area contributed by atoms with Crippen LogP contribution in [-0.4, -0.2) is 14.1 Å². The molecule has 0 saturated carbocycles. The third-order valence-electron chi connectivity index (χ3n) is 5.43. The molecule has 1 aromatic carbocycles. The van der Waals surface area contributed by atoms with Crippen molar-refractivity contribution in [3.05, 3.63) is 80.8 Å². The van der Waals surface area contributed by atoms with Crippen molar-refractivity contribution in [3.8, 4) is 22.6 Å². The molecule has 154 valence electrons. The van der Waals surface area contributed by atoms with Crippen LogP contribution in [0, 0.1) is 13.8 Å². The lowest BCUT2D eigenvalue weighted by molar-refractivity contribution is 0.454. The van der Waals surface area contributed by atoms with Crippen molar-refractivity contribution in [1.29, 1.82) is 0 Å². The van der Waals surface area contributed by atoms with E-state index in [9.17, 15) is 9.59 Å². The van der Waals surface area contributed by atoms with E-state index in [1.165, 1.54) is 4.57 Å². The van der Waals surface area contributed by atoms with Crippen LogP contribution in [-0.2, 0) is 7.05 Å². The lowest BCUT2D eigenvalue weighted by atomic mass is 10.0. The monoisotopic (exact) mass is 403 g/mol. The number of benzene rings is 1. The summed E-state index contributed by atoms with van der Waals surface area (Å²) in [4.78, 5) is 28.9. The SMILES string of the molecule is Cc1cccc(C)c1Oc1c(-c2cn(C)c(=O)c3[nH]ccc23)ccn(C(C)C)c1=O. The molecule has 0 saturated heterocycles. The van der Waals surface area contributed by atoms with Gasteiger partial charge in [-0.1, -0.05) is 18.2 Å². The minimum Gasteiger partial charge on any atom is -0.450 e. The number of aromatic nitrogens is 3. The largest absolute Gasteiger partial charge is 0.450 e. The summed E-state index contributed by atoms with van der Waals surface area (Å²) in [5, 5.41) is 0.756. The summed E-state index contributed by atoms with van der Waals surface area (Å²) >= 11 is 0. The summed E-state index contributed by atoms with van der Waals surface area (Å²) in [6.07, 6.45) is 5.27. The number of rotatable bonds is 4. The van der Waals surface area contributed by atoms with Crippen molar-refractivity contribution >= 4 is 10.9 Å². The van der Waals surface area contributed by atoms with Crippen LogP contribution < -0.4 is 15.9 Å². The summed E-state index contributed by atoms with van der Waals surface area (Å²) in [6, 6.07) is 9.61. The molecule has 1 N–H and O–H groups in total. The van der Waals surface area contributed by atoms with Gasteiger partial charge in [-0.3, -0.25) is 9.59 Å². The molecule has 0 radical (unpaired) electrons. The highest BCUT2D eigenvalue weighted by Gasteiger charge is 2.20. The van der Waals surface area contributed by atoms with E-state index < -0.39 is 0 Å². The number of para-hydroxylation sites is 1. The zero-order valence-electron chi connectivity index (χ0n) is 17.8. The molecule has 6 nitrogen and oxygen atoms in total. The van der Waals surface area contributed by atoms with Crippen LogP contribution in [0.15, 0.2) is 58.5 Å². The Morgan fingerprint density at radius 2 is 1.63 bits per heavy atom. The first-order valence-corrected chi connectivity index (χ1v) is 9.96. The first-order valence-electron chi connectivity index (χ1n) is 9.96. The lowest BCUT2D eigenvalue weighted by Crippen LogP contribution is -2.23. The van der Waals surface area contributed by atoms with Gasteiger partial charge in [0.2, 0.25) is 5.75 Å². The predicted molar refractivity (Wildman–Crippen MR) is 120 cm³/mol. The maximum atomic E-state index is 13.4. The van der Waals surface area contributed by atoms with Crippen LogP contribution in [0.2, 0.25) is 0 Å². The predicted octanol–water partition coefficient (Wildman–Crippen LogP) is 4.69. The Kier molecular flexibility index (Phi) is 4.86. The average Bonchev–Trinajstić information content (AvgIpc) is 3.18. The molecule has 4 rings (SSSR count). The number of aromatic amines is 1. The molecule has 0 aliphatic heterocycles. The number of H-pyrrole nitrogens is 1. The van der Waals surface area contributed by atoms with E-state index >= 15 is 0 Å². The van der Waals surface area contributed by atoms with E-state index in [1.807, 2.05) is 58.0 Å². The summed E-state index contributed by atoms with van der Waals surface area (Å²) in [7, 11) is 1.70. The molecule has 0 spiro atoms. The Labute approximate surface area is 174 Å². The van der Waals surface area contributed by atoms with Gasteiger partial charge in [0.15, 0.2) is 0 Å². The van der Waals surface area contributed by atoms with E-state index in [1.54, 1.807) is 30.2 Å². The van der Waals surface area contributed by atoms with E-state index in [0.717, 1.165) is 22.1 Å². The number of fused-ring (bicyclic) bond motifs is 1. The molecule has 0 unspecified atom stereocenters. The fraction of sp³-hybridized carbons (Fsp3) is 0.250. The standard InChI is InChI=1S/C24H25N3O3/c1-14(2)27-12-10-18(19-13-26(5)23(28)20-17(19)9-11-25-20)22(24(27)29)30-21-15(3)7-6-8-16(21)4/h6-14,25H,1-5H3. The van der Waals surface area contributed by atoms with Gasteiger partial charge >= 0.3 is 0 Å². The van der Waals surface area contributed by atoms with E-state index in [-0.39, 0.29) is 22.9 Å². The zero-order valence-corrected chi connectivity index (χ0v) is 17.8. The second-order valence-corrected chi connectivity index (χ2v) is 7.91. The van der Waals surface area contributed by atoms with Crippen molar-refractivity contribution in [1.82, 2.24) is 14.1 Å². The minimum atomic E-state index is -0.206. The molecule has 0 bridgehead atoms. The summed E-state index contributed by atoms with van der Waals surface area (Å²) in [6.45, 7) is 7.84. The number of hydrogen-bond donors (Lipinski definition) is 1. The van der Waals surface area contributed by atoms with Crippen molar-refractivity contribution < 1.29 is 4.74 Å². The van der Waals surface area contributed by atoms with E-state index in [0.29, 0.717) is 16.8 Å². The number of hydrogen-bond acceptors (Lipinski definition) is 3. The number of aryl methyl sites for hydroxylation is 3. The van der Waals surface area contributed by atoms with Gasteiger partial charge in [0.25, 0.3) is 11.1 Å².